The number of nitrogens with zero attached hydrogens (tertiary/aromatic N) is 3. The van der Waals surface area contributed by atoms with Crippen molar-refractivity contribution in [2.45, 2.75) is 50.0 Å². The third-order valence-corrected chi connectivity index (χ3v) is 6.79. The minimum atomic E-state index is -4.47. The first-order valence-electron chi connectivity index (χ1n) is 11.0. The van der Waals surface area contributed by atoms with Gasteiger partial charge in [-0.1, -0.05) is 24.3 Å². The van der Waals surface area contributed by atoms with Gasteiger partial charge in [0, 0.05) is 26.2 Å². The van der Waals surface area contributed by atoms with E-state index in [0.29, 0.717) is 11.2 Å². The second-order valence-corrected chi connectivity index (χ2v) is 8.56. The molecule has 3 aromatic rings. The molecular formula is C23H26F3N5O. The molecule has 1 aromatic carbocycles. The lowest BCUT2D eigenvalue weighted by Crippen LogP contribution is -2.49. The van der Waals surface area contributed by atoms with Gasteiger partial charge in [-0.15, -0.1) is 0 Å². The number of piperidine rings is 1. The fourth-order valence-corrected chi connectivity index (χ4v) is 5.11. The highest BCUT2D eigenvalue weighted by Crippen LogP contribution is 2.38. The number of hydrogen-bond acceptors (Lipinski definition) is 5. The average Bonchev–Trinajstić information content (AvgIpc) is 3.26. The van der Waals surface area contributed by atoms with Gasteiger partial charge in [-0.2, -0.15) is 13.2 Å². The van der Waals surface area contributed by atoms with Crippen LogP contribution in [0.25, 0.3) is 11.0 Å². The molecule has 1 aliphatic heterocycles. The number of halogens is 3. The van der Waals surface area contributed by atoms with Gasteiger partial charge in [0.05, 0.1) is 17.5 Å². The van der Waals surface area contributed by atoms with Crippen molar-refractivity contribution in [1.29, 1.82) is 0 Å². The maximum absolute atomic E-state index is 13.3. The Kier molecular flexibility index (Phi) is 5.54. The first-order valence-corrected chi connectivity index (χ1v) is 11.0. The van der Waals surface area contributed by atoms with E-state index in [0.717, 1.165) is 44.8 Å². The van der Waals surface area contributed by atoms with Crippen molar-refractivity contribution in [1.82, 2.24) is 19.9 Å². The van der Waals surface area contributed by atoms with E-state index in [-0.39, 0.29) is 23.8 Å². The smallest absolute Gasteiger partial charge is 0.381 e. The fraction of sp³-hybridized carbons (Fsp3) is 0.478. The maximum Gasteiger partial charge on any atom is 0.431 e. The van der Waals surface area contributed by atoms with Crippen molar-refractivity contribution in [3.63, 3.8) is 0 Å². The number of ether oxygens (including phenoxy) is 1. The standard InChI is InChI=1S/C23H26F3N5O/c1-32-15-8-10-31(11-9-15)18-7-6-14-4-2-3-5-16(14)20(18)30-22-17-12-19(23(24,25)26)29-21(17)27-13-28-22/h2-5,12-13,15,18,20H,6-11H2,1H3,(H2,27,28,29,30)/t18-,20-/m0/s1. The zero-order chi connectivity index (χ0) is 22.3. The topological polar surface area (TPSA) is 66.1 Å². The Labute approximate surface area is 184 Å². The molecule has 5 rings (SSSR count). The summed E-state index contributed by atoms with van der Waals surface area (Å²) < 4.78 is 45.3. The van der Waals surface area contributed by atoms with Crippen LogP contribution in [0.2, 0.25) is 0 Å². The molecule has 2 aliphatic rings. The minimum absolute atomic E-state index is 0.0821. The van der Waals surface area contributed by atoms with Crippen LogP contribution < -0.4 is 5.32 Å². The van der Waals surface area contributed by atoms with E-state index in [1.165, 1.54) is 17.5 Å². The van der Waals surface area contributed by atoms with Crippen LogP contribution in [0.4, 0.5) is 19.0 Å². The predicted octanol–water partition coefficient (Wildman–Crippen LogP) is 4.56. The fourth-order valence-electron chi connectivity index (χ4n) is 5.11. The molecule has 9 heteroatoms. The van der Waals surface area contributed by atoms with Crippen LogP contribution >= 0.6 is 0 Å². The van der Waals surface area contributed by atoms with Gasteiger partial charge in [0.25, 0.3) is 0 Å². The summed E-state index contributed by atoms with van der Waals surface area (Å²) in [4.78, 5) is 13.2. The third kappa shape index (κ3) is 3.95. The molecule has 0 saturated carbocycles. The number of rotatable bonds is 4. The molecule has 0 radical (unpaired) electrons. The number of benzene rings is 1. The zero-order valence-corrected chi connectivity index (χ0v) is 17.8. The Bertz CT molecular complexity index is 1090. The van der Waals surface area contributed by atoms with Crippen LogP contribution in [0, 0.1) is 0 Å². The number of aromatic nitrogens is 3. The van der Waals surface area contributed by atoms with E-state index >= 15 is 0 Å². The number of alkyl halides is 3. The number of methoxy groups -OCH3 is 1. The molecule has 170 valence electrons. The Balaban J connectivity index is 1.50. The number of likely N-dealkylation sites (tertiary alicyclic amines) is 1. The average molecular weight is 445 g/mol. The van der Waals surface area contributed by atoms with Crippen LogP contribution in [0.15, 0.2) is 36.7 Å². The molecule has 2 aromatic heterocycles. The van der Waals surface area contributed by atoms with Crippen LogP contribution in [0.3, 0.4) is 0 Å². The number of aryl methyl sites for hydroxylation is 1. The largest absolute Gasteiger partial charge is 0.431 e. The van der Waals surface area contributed by atoms with E-state index in [9.17, 15) is 13.2 Å². The molecule has 0 unspecified atom stereocenters. The van der Waals surface area contributed by atoms with Gasteiger partial charge in [-0.3, -0.25) is 4.90 Å². The molecule has 1 fully saturated rings. The van der Waals surface area contributed by atoms with Crippen molar-refractivity contribution in [3.8, 4) is 0 Å². The van der Waals surface area contributed by atoms with Crippen molar-refractivity contribution in [2.24, 2.45) is 0 Å². The molecule has 1 aliphatic carbocycles. The lowest BCUT2D eigenvalue weighted by atomic mass is 9.82. The van der Waals surface area contributed by atoms with Crippen LogP contribution in [-0.2, 0) is 17.3 Å². The Morgan fingerprint density at radius 3 is 2.66 bits per heavy atom. The number of H-pyrrole nitrogens is 1. The highest BCUT2D eigenvalue weighted by atomic mass is 19.4. The van der Waals surface area contributed by atoms with Gasteiger partial charge in [-0.05, 0) is 42.9 Å². The summed E-state index contributed by atoms with van der Waals surface area (Å²) in [6, 6.07) is 9.51. The molecule has 2 atom stereocenters. The summed E-state index contributed by atoms with van der Waals surface area (Å²) in [6.45, 7) is 1.87. The van der Waals surface area contributed by atoms with Crippen LogP contribution in [0.5, 0.6) is 0 Å². The molecule has 0 spiro atoms. The molecule has 1 saturated heterocycles. The number of nitrogens with one attached hydrogen (secondary N) is 2. The van der Waals surface area contributed by atoms with Crippen molar-refractivity contribution < 1.29 is 17.9 Å². The predicted molar refractivity (Wildman–Crippen MR) is 115 cm³/mol. The molecule has 6 nitrogen and oxygen atoms in total. The van der Waals surface area contributed by atoms with Crippen molar-refractivity contribution in [3.05, 3.63) is 53.5 Å². The normalized spacial score (nSPS) is 22.8. The van der Waals surface area contributed by atoms with E-state index in [2.05, 4.69) is 37.3 Å². The lowest BCUT2D eigenvalue weighted by molar-refractivity contribution is -0.140. The molecular weight excluding hydrogens is 419 g/mol. The summed E-state index contributed by atoms with van der Waals surface area (Å²) in [5.74, 6) is 0.417. The Morgan fingerprint density at radius 2 is 1.91 bits per heavy atom. The van der Waals surface area contributed by atoms with Crippen LogP contribution in [0.1, 0.15) is 42.1 Å². The highest BCUT2D eigenvalue weighted by molar-refractivity contribution is 5.88. The number of aromatic amines is 1. The van der Waals surface area contributed by atoms with Crippen molar-refractivity contribution >= 4 is 16.9 Å². The maximum atomic E-state index is 13.3. The summed E-state index contributed by atoms with van der Waals surface area (Å²) in [5.41, 5.74) is 1.80. The van der Waals surface area contributed by atoms with Gasteiger partial charge < -0.3 is 15.0 Å². The Hall–Kier alpha value is -2.65. The van der Waals surface area contributed by atoms with Gasteiger partial charge in [0.2, 0.25) is 0 Å². The van der Waals surface area contributed by atoms with E-state index in [1.807, 2.05) is 12.1 Å². The summed E-state index contributed by atoms with van der Waals surface area (Å²) in [7, 11) is 1.76. The van der Waals surface area contributed by atoms with E-state index in [1.54, 1.807) is 7.11 Å². The first-order chi connectivity index (χ1) is 15.4. The zero-order valence-electron chi connectivity index (χ0n) is 17.8. The van der Waals surface area contributed by atoms with Crippen molar-refractivity contribution in [2.75, 3.05) is 25.5 Å². The minimum Gasteiger partial charge on any atom is -0.381 e. The highest BCUT2D eigenvalue weighted by Gasteiger charge is 2.37. The monoisotopic (exact) mass is 445 g/mol. The van der Waals surface area contributed by atoms with Gasteiger partial charge >= 0.3 is 6.18 Å². The second kappa shape index (κ2) is 8.37. The second-order valence-electron chi connectivity index (χ2n) is 8.56. The van der Waals surface area contributed by atoms with E-state index in [4.69, 9.17) is 4.74 Å². The number of hydrogen-bond donors (Lipinski definition) is 2. The molecule has 3 heterocycles. The van der Waals surface area contributed by atoms with Crippen LogP contribution in [-0.4, -0.2) is 52.2 Å². The van der Waals surface area contributed by atoms with Gasteiger partial charge in [-0.25, -0.2) is 9.97 Å². The summed E-state index contributed by atoms with van der Waals surface area (Å²) >= 11 is 0. The molecule has 2 N–H and O–H groups in total. The SMILES string of the molecule is COC1CCN([C@H]2CCc3ccccc3[C@@H]2Nc2ncnc3[nH]c(C(F)(F)F)cc23)CC1. The number of fused-ring (bicyclic) bond motifs is 2. The third-order valence-electron chi connectivity index (χ3n) is 6.79. The molecule has 0 amide bonds. The first kappa shape index (κ1) is 21.2. The molecule has 32 heavy (non-hydrogen) atoms. The number of anilines is 1. The van der Waals surface area contributed by atoms with E-state index < -0.39 is 11.9 Å². The Morgan fingerprint density at radius 1 is 1.12 bits per heavy atom. The summed E-state index contributed by atoms with van der Waals surface area (Å²) in [6.07, 6.45) is 1.03. The quantitative estimate of drug-likeness (QED) is 0.617. The molecule has 0 bridgehead atoms. The summed E-state index contributed by atoms with van der Waals surface area (Å²) in [5, 5.41) is 3.85. The van der Waals surface area contributed by atoms with Gasteiger partial charge in [0.1, 0.15) is 23.5 Å². The van der Waals surface area contributed by atoms with Gasteiger partial charge in [0.15, 0.2) is 0 Å². The lowest BCUT2D eigenvalue weighted by Gasteiger charge is -2.44.